The molecule has 0 atom stereocenters. The maximum absolute atomic E-state index is 5.54. The van der Waals surface area contributed by atoms with E-state index in [2.05, 4.69) is 17.0 Å². The van der Waals surface area contributed by atoms with Crippen molar-refractivity contribution in [3.63, 3.8) is 0 Å². The third-order valence-corrected chi connectivity index (χ3v) is 2.37. The van der Waals surface area contributed by atoms with Crippen molar-refractivity contribution in [3.05, 3.63) is 30.2 Å². The number of hydrogen-bond donors (Lipinski definition) is 1. The molecule has 0 aromatic carbocycles. The van der Waals surface area contributed by atoms with Crippen LogP contribution >= 0.6 is 0 Å². The molecule has 0 aliphatic heterocycles. The highest BCUT2D eigenvalue weighted by Crippen LogP contribution is 2.21. The number of aryl methyl sites for hydroxylation is 2. The molecule has 0 bridgehead atoms. The van der Waals surface area contributed by atoms with Gasteiger partial charge in [0.05, 0.1) is 5.69 Å². The molecule has 0 saturated heterocycles. The predicted molar refractivity (Wildman–Crippen MR) is 60.3 cm³/mol. The molecule has 2 N–H and O–H groups in total. The number of hydrogen-bond acceptors (Lipinski definition) is 3. The van der Waals surface area contributed by atoms with Gasteiger partial charge >= 0.3 is 0 Å². The SMILES string of the molecule is CCn1cc(-c2ccc(N)nc2)c(C)n1. The van der Waals surface area contributed by atoms with Crippen LogP contribution in [0.4, 0.5) is 5.82 Å². The summed E-state index contributed by atoms with van der Waals surface area (Å²) in [7, 11) is 0. The molecule has 0 aliphatic rings. The van der Waals surface area contributed by atoms with Gasteiger partial charge in [-0.2, -0.15) is 5.10 Å². The lowest BCUT2D eigenvalue weighted by molar-refractivity contribution is 0.653. The van der Waals surface area contributed by atoms with E-state index in [4.69, 9.17) is 5.73 Å². The Bertz CT molecular complexity index is 456. The first kappa shape index (κ1) is 9.71. The second-order valence-electron chi connectivity index (χ2n) is 3.46. The lowest BCUT2D eigenvalue weighted by Crippen LogP contribution is -1.93. The number of nitrogen functional groups attached to an aromatic ring is 1. The van der Waals surface area contributed by atoms with Crippen molar-refractivity contribution in [1.82, 2.24) is 14.8 Å². The predicted octanol–water partition coefficient (Wildman–Crippen LogP) is 1.86. The zero-order chi connectivity index (χ0) is 10.8. The summed E-state index contributed by atoms with van der Waals surface area (Å²) in [5, 5.41) is 4.39. The zero-order valence-corrected chi connectivity index (χ0v) is 8.94. The molecule has 0 spiro atoms. The average molecular weight is 202 g/mol. The second-order valence-corrected chi connectivity index (χ2v) is 3.46. The molecule has 0 aliphatic carbocycles. The lowest BCUT2D eigenvalue weighted by Gasteiger charge is -1.98. The van der Waals surface area contributed by atoms with Crippen LogP contribution in [0, 0.1) is 6.92 Å². The first-order chi connectivity index (χ1) is 7.20. The number of nitrogens with two attached hydrogens (primary N) is 1. The van der Waals surface area contributed by atoms with Crippen LogP contribution in [0.5, 0.6) is 0 Å². The minimum atomic E-state index is 0.541. The van der Waals surface area contributed by atoms with Crippen molar-refractivity contribution in [1.29, 1.82) is 0 Å². The molecule has 78 valence electrons. The van der Waals surface area contributed by atoms with Gasteiger partial charge in [0.25, 0.3) is 0 Å². The normalized spacial score (nSPS) is 10.5. The first-order valence-electron chi connectivity index (χ1n) is 4.96. The van der Waals surface area contributed by atoms with Crippen LogP contribution in [-0.4, -0.2) is 14.8 Å². The van der Waals surface area contributed by atoms with E-state index in [1.54, 1.807) is 12.3 Å². The van der Waals surface area contributed by atoms with E-state index in [-0.39, 0.29) is 0 Å². The average Bonchev–Trinajstić information content (AvgIpc) is 2.61. The van der Waals surface area contributed by atoms with E-state index < -0.39 is 0 Å². The maximum atomic E-state index is 5.54. The minimum absolute atomic E-state index is 0.541. The fourth-order valence-electron chi connectivity index (χ4n) is 1.53. The van der Waals surface area contributed by atoms with E-state index in [1.807, 2.05) is 23.9 Å². The summed E-state index contributed by atoms with van der Waals surface area (Å²) in [5.41, 5.74) is 8.73. The van der Waals surface area contributed by atoms with E-state index in [0.717, 1.165) is 23.4 Å². The fraction of sp³-hybridized carbons (Fsp3) is 0.273. The van der Waals surface area contributed by atoms with Gasteiger partial charge < -0.3 is 5.73 Å². The Kier molecular flexibility index (Phi) is 2.41. The number of pyridine rings is 1. The third-order valence-electron chi connectivity index (χ3n) is 2.37. The van der Waals surface area contributed by atoms with Crippen molar-refractivity contribution in [2.75, 3.05) is 5.73 Å². The summed E-state index contributed by atoms with van der Waals surface area (Å²) in [6, 6.07) is 3.77. The molecular formula is C11H14N4. The largest absolute Gasteiger partial charge is 0.384 e. The van der Waals surface area contributed by atoms with Crippen molar-refractivity contribution >= 4 is 5.82 Å². The monoisotopic (exact) mass is 202 g/mol. The van der Waals surface area contributed by atoms with Gasteiger partial charge in [-0.25, -0.2) is 4.98 Å². The minimum Gasteiger partial charge on any atom is -0.384 e. The Labute approximate surface area is 88.8 Å². The quantitative estimate of drug-likeness (QED) is 0.808. The molecule has 0 unspecified atom stereocenters. The van der Waals surface area contributed by atoms with Gasteiger partial charge in [0, 0.05) is 30.1 Å². The molecule has 2 aromatic rings. The summed E-state index contributed by atoms with van der Waals surface area (Å²) in [6.07, 6.45) is 3.81. The number of aromatic nitrogens is 3. The Morgan fingerprint density at radius 2 is 2.20 bits per heavy atom. The Balaban J connectivity index is 2.44. The molecule has 0 radical (unpaired) electrons. The molecule has 2 heterocycles. The van der Waals surface area contributed by atoms with Crippen molar-refractivity contribution in [3.8, 4) is 11.1 Å². The van der Waals surface area contributed by atoms with Gasteiger partial charge in [0.1, 0.15) is 5.82 Å². The molecule has 0 saturated carbocycles. The van der Waals surface area contributed by atoms with Crippen molar-refractivity contribution < 1.29 is 0 Å². The van der Waals surface area contributed by atoms with Crippen LogP contribution < -0.4 is 5.73 Å². The lowest BCUT2D eigenvalue weighted by atomic mass is 10.1. The number of anilines is 1. The van der Waals surface area contributed by atoms with Gasteiger partial charge in [-0.1, -0.05) is 0 Å². The van der Waals surface area contributed by atoms with Crippen LogP contribution in [0.15, 0.2) is 24.5 Å². The smallest absolute Gasteiger partial charge is 0.123 e. The van der Waals surface area contributed by atoms with Crippen LogP contribution in [0.2, 0.25) is 0 Å². The third kappa shape index (κ3) is 1.83. The molecule has 0 amide bonds. The molecular weight excluding hydrogens is 188 g/mol. The summed E-state index contributed by atoms with van der Waals surface area (Å²) in [4.78, 5) is 4.07. The molecule has 4 nitrogen and oxygen atoms in total. The standard InChI is InChI=1S/C11H14N4/c1-3-15-7-10(8(2)14-15)9-4-5-11(12)13-6-9/h4-7H,3H2,1-2H3,(H2,12,13). The van der Waals surface area contributed by atoms with Gasteiger partial charge in [-0.3, -0.25) is 4.68 Å². The van der Waals surface area contributed by atoms with Crippen molar-refractivity contribution in [2.45, 2.75) is 20.4 Å². The highest BCUT2D eigenvalue weighted by Gasteiger charge is 2.06. The Morgan fingerprint density at radius 3 is 2.73 bits per heavy atom. The van der Waals surface area contributed by atoms with E-state index in [1.165, 1.54) is 0 Å². The molecule has 15 heavy (non-hydrogen) atoms. The van der Waals surface area contributed by atoms with Crippen LogP contribution in [0.1, 0.15) is 12.6 Å². The maximum Gasteiger partial charge on any atom is 0.123 e. The van der Waals surface area contributed by atoms with Crippen LogP contribution in [-0.2, 0) is 6.54 Å². The molecule has 2 aromatic heterocycles. The number of nitrogens with zero attached hydrogens (tertiary/aromatic N) is 3. The van der Waals surface area contributed by atoms with E-state index >= 15 is 0 Å². The van der Waals surface area contributed by atoms with Crippen molar-refractivity contribution in [2.24, 2.45) is 0 Å². The highest BCUT2D eigenvalue weighted by atomic mass is 15.3. The molecule has 0 fully saturated rings. The second kappa shape index (κ2) is 3.73. The first-order valence-corrected chi connectivity index (χ1v) is 4.96. The summed E-state index contributed by atoms with van der Waals surface area (Å²) in [6.45, 7) is 4.94. The topological polar surface area (TPSA) is 56.7 Å². The van der Waals surface area contributed by atoms with Gasteiger partial charge in [0.15, 0.2) is 0 Å². The van der Waals surface area contributed by atoms with Gasteiger partial charge in [0.2, 0.25) is 0 Å². The number of rotatable bonds is 2. The highest BCUT2D eigenvalue weighted by molar-refractivity contribution is 5.64. The van der Waals surface area contributed by atoms with Gasteiger partial charge in [-0.15, -0.1) is 0 Å². The van der Waals surface area contributed by atoms with Crippen LogP contribution in [0.25, 0.3) is 11.1 Å². The summed E-state index contributed by atoms with van der Waals surface area (Å²) in [5.74, 6) is 0.541. The van der Waals surface area contributed by atoms with E-state index in [9.17, 15) is 0 Å². The van der Waals surface area contributed by atoms with E-state index in [0.29, 0.717) is 5.82 Å². The molecule has 2 rings (SSSR count). The Morgan fingerprint density at radius 1 is 1.40 bits per heavy atom. The van der Waals surface area contributed by atoms with Gasteiger partial charge in [-0.05, 0) is 26.0 Å². The Hall–Kier alpha value is -1.84. The van der Waals surface area contributed by atoms with Crippen LogP contribution in [0.3, 0.4) is 0 Å². The molecule has 4 heteroatoms. The zero-order valence-electron chi connectivity index (χ0n) is 8.94. The fourth-order valence-corrected chi connectivity index (χ4v) is 1.53. The summed E-state index contributed by atoms with van der Waals surface area (Å²) >= 11 is 0. The summed E-state index contributed by atoms with van der Waals surface area (Å²) < 4.78 is 1.92.